The van der Waals surface area contributed by atoms with E-state index in [2.05, 4.69) is 55.3 Å². The maximum atomic E-state index is 12.4. The highest BCUT2D eigenvalue weighted by Crippen LogP contribution is 2.17. The van der Waals surface area contributed by atoms with Crippen LogP contribution in [0.1, 0.15) is 46.9 Å². The van der Waals surface area contributed by atoms with Crippen molar-refractivity contribution in [3.63, 3.8) is 0 Å². The number of benzene rings is 2. The highest BCUT2D eigenvalue weighted by atomic mass is 16.4. The Morgan fingerprint density at radius 2 is 1.50 bits per heavy atom. The SMILES string of the molecule is Cc1ccc(CN(Cc2ccc(C(=O)Nc3ccc(C)cc3)o2)C(C)C)cc1. The minimum absolute atomic E-state index is 0.232. The Morgan fingerprint density at radius 3 is 2.11 bits per heavy atom. The molecule has 4 heteroatoms. The molecule has 4 nitrogen and oxygen atoms in total. The molecule has 3 aromatic rings. The first kappa shape index (κ1) is 19.9. The third-order valence-electron chi connectivity index (χ3n) is 4.79. The predicted octanol–water partition coefficient (Wildman–Crippen LogP) is 5.56. The Bertz CT molecular complexity index is 909. The van der Waals surface area contributed by atoms with Crippen molar-refractivity contribution in [2.24, 2.45) is 0 Å². The van der Waals surface area contributed by atoms with E-state index in [4.69, 9.17) is 4.42 Å². The van der Waals surface area contributed by atoms with Gasteiger partial charge in [0, 0.05) is 18.3 Å². The molecule has 1 aromatic heterocycles. The second-order valence-corrected chi connectivity index (χ2v) is 7.57. The van der Waals surface area contributed by atoms with Crippen LogP contribution in [0, 0.1) is 13.8 Å². The summed E-state index contributed by atoms with van der Waals surface area (Å²) in [5.74, 6) is 0.884. The number of carbonyl (C=O) groups is 1. The van der Waals surface area contributed by atoms with E-state index in [1.54, 1.807) is 6.07 Å². The van der Waals surface area contributed by atoms with Gasteiger partial charge in [0.25, 0.3) is 5.91 Å². The van der Waals surface area contributed by atoms with E-state index in [9.17, 15) is 4.79 Å². The van der Waals surface area contributed by atoms with Crippen LogP contribution in [0.3, 0.4) is 0 Å². The van der Waals surface area contributed by atoms with Crippen molar-refractivity contribution in [3.05, 3.63) is 88.9 Å². The summed E-state index contributed by atoms with van der Waals surface area (Å²) in [5, 5.41) is 2.87. The van der Waals surface area contributed by atoms with Crippen LogP contribution < -0.4 is 5.32 Å². The summed E-state index contributed by atoms with van der Waals surface area (Å²) in [6, 6.07) is 20.3. The number of furan rings is 1. The molecule has 146 valence electrons. The van der Waals surface area contributed by atoms with Crippen LogP contribution in [0.4, 0.5) is 5.69 Å². The van der Waals surface area contributed by atoms with Crippen LogP contribution in [0.5, 0.6) is 0 Å². The highest BCUT2D eigenvalue weighted by molar-refractivity contribution is 6.02. The normalized spacial score (nSPS) is 11.2. The van der Waals surface area contributed by atoms with Crippen molar-refractivity contribution in [2.75, 3.05) is 5.32 Å². The van der Waals surface area contributed by atoms with E-state index in [1.807, 2.05) is 37.3 Å². The van der Waals surface area contributed by atoms with Gasteiger partial charge in [-0.1, -0.05) is 47.5 Å². The summed E-state index contributed by atoms with van der Waals surface area (Å²) in [6.45, 7) is 9.94. The van der Waals surface area contributed by atoms with Crippen molar-refractivity contribution in [1.82, 2.24) is 4.90 Å². The minimum Gasteiger partial charge on any atom is -0.455 e. The Labute approximate surface area is 167 Å². The van der Waals surface area contributed by atoms with Gasteiger partial charge in [0.15, 0.2) is 5.76 Å². The van der Waals surface area contributed by atoms with Gasteiger partial charge in [-0.05, 0) is 57.5 Å². The van der Waals surface area contributed by atoms with E-state index in [0.29, 0.717) is 18.3 Å². The molecule has 0 aliphatic heterocycles. The van der Waals surface area contributed by atoms with Crippen molar-refractivity contribution >= 4 is 11.6 Å². The maximum Gasteiger partial charge on any atom is 0.291 e. The Morgan fingerprint density at radius 1 is 0.893 bits per heavy atom. The lowest BCUT2D eigenvalue weighted by atomic mass is 10.1. The van der Waals surface area contributed by atoms with Crippen LogP contribution in [0.25, 0.3) is 0 Å². The van der Waals surface area contributed by atoms with Crippen LogP contribution in [-0.2, 0) is 13.1 Å². The Balaban J connectivity index is 1.64. The largest absolute Gasteiger partial charge is 0.455 e. The number of hydrogen-bond acceptors (Lipinski definition) is 3. The third-order valence-corrected chi connectivity index (χ3v) is 4.79. The van der Waals surface area contributed by atoms with Crippen LogP contribution in [0.15, 0.2) is 65.1 Å². The van der Waals surface area contributed by atoms with Gasteiger partial charge in [0.05, 0.1) is 6.54 Å². The molecular weight excluding hydrogens is 348 g/mol. The van der Waals surface area contributed by atoms with Crippen molar-refractivity contribution in [2.45, 2.75) is 46.8 Å². The van der Waals surface area contributed by atoms with Crippen LogP contribution in [-0.4, -0.2) is 16.8 Å². The zero-order chi connectivity index (χ0) is 20.1. The molecule has 0 bridgehead atoms. The summed E-state index contributed by atoms with van der Waals surface area (Å²) < 4.78 is 5.83. The highest BCUT2D eigenvalue weighted by Gasteiger charge is 2.16. The first-order valence-electron chi connectivity index (χ1n) is 9.67. The van der Waals surface area contributed by atoms with Gasteiger partial charge < -0.3 is 9.73 Å². The second kappa shape index (κ2) is 8.89. The minimum atomic E-state index is -0.232. The molecule has 28 heavy (non-hydrogen) atoms. The molecule has 2 aromatic carbocycles. The van der Waals surface area contributed by atoms with Gasteiger partial charge in [-0.25, -0.2) is 0 Å². The molecule has 0 atom stereocenters. The van der Waals surface area contributed by atoms with E-state index in [-0.39, 0.29) is 5.91 Å². The molecule has 0 unspecified atom stereocenters. The van der Waals surface area contributed by atoms with E-state index in [0.717, 1.165) is 23.6 Å². The summed E-state index contributed by atoms with van der Waals surface area (Å²) in [5.41, 5.74) is 4.44. The summed E-state index contributed by atoms with van der Waals surface area (Å²) in [6.07, 6.45) is 0. The van der Waals surface area contributed by atoms with Gasteiger partial charge in [0.2, 0.25) is 0 Å². The number of anilines is 1. The molecule has 0 saturated heterocycles. The first-order valence-corrected chi connectivity index (χ1v) is 9.67. The maximum absolute atomic E-state index is 12.4. The first-order chi connectivity index (χ1) is 13.4. The smallest absolute Gasteiger partial charge is 0.291 e. The third kappa shape index (κ3) is 5.33. The van der Waals surface area contributed by atoms with E-state index >= 15 is 0 Å². The topological polar surface area (TPSA) is 45.5 Å². The molecular formula is C24H28N2O2. The van der Waals surface area contributed by atoms with Gasteiger partial charge in [-0.3, -0.25) is 9.69 Å². The fraction of sp³-hybridized carbons (Fsp3) is 0.292. The zero-order valence-corrected chi connectivity index (χ0v) is 17.0. The summed E-state index contributed by atoms with van der Waals surface area (Å²) in [4.78, 5) is 14.8. The number of hydrogen-bond donors (Lipinski definition) is 1. The predicted molar refractivity (Wildman–Crippen MR) is 113 cm³/mol. The van der Waals surface area contributed by atoms with E-state index in [1.165, 1.54) is 11.1 Å². The number of carbonyl (C=O) groups excluding carboxylic acids is 1. The standard InChI is InChI=1S/C24H28N2O2/c1-17(2)26(15-20-9-5-18(3)6-10-20)16-22-13-14-23(28-22)24(27)25-21-11-7-19(4)8-12-21/h5-14,17H,15-16H2,1-4H3,(H,25,27). The quantitative estimate of drug-likeness (QED) is 0.587. The molecule has 3 rings (SSSR count). The fourth-order valence-corrected chi connectivity index (χ4v) is 2.96. The fourth-order valence-electron chi connectivity index (χ4n) is 2.96. The molecule has 0 fully saturated rings. The van der Waals surface area contributed by atoms with Crippen molar-refractivity contribution < 1.29 is 9.21 Å². The number of amides is 1. The van der Waals surface area contributed by atoms with E-state index < -0.39 is 0 Å². The zero-order valence-electron chi connectivity index (χ0n) is 17.0. The van der Waals surface area contributed by atoms with Crippen LogP contribution >= 0.6 is 0 Å². The molecule has 0 aliphatic rings. The van der Waals surface area contributed by atoms with Crippen molar-refractivity contribution in [1.29, 1.82) is 0 Å². The molecule has 0 saturated carbocycles. The van der Waals surface area contributed by atoms with Gasteiger partial charge in [0.1, 0.15) is 5.76 Å². The van der Waals surface area contributed by atoms with Gasteiger partial charge in [-0.15, -0.1) is 0 Å². The molecule has 0 spiro atoms. The lowest BCUT2D eigenvalue weighted by molar-refractivity contribution is 0.0991. The van der Waals surface area contributed by atoms with Crippen molar-refractivity contribution in [3.8, 4) is 0 Å². The lowest BCUT2D eigenvalue weighted by Crippen LogP contribution is -2.29. The lowest BCUT2D eigenvalue weighted by Gasteiger charge is -2.25. The number of aryl methyl sites for hydroxylation is 2. The molecule has 0 aliphatic carbocycles. The number of nitrogens with one attached hydrogen (secondary N) is 1. The average Bonchev–Trinajstić information content (AvgIpc) is 3.13. The molecule has 1 amide bonds. The van der Waals surface area contributed by atoms with Crippen LogP contribution in [0.2, 0.25) is 0 Å². The van der Waals surface area contributed by atoms with Gasteiger partial charge in [-0.2, -0.15) is 0 Å². The molecule has 1 heterocycles. The average molecular weight is 377 g/mol. The summed E-state index contributed by atoms with van der Waals surface area (Å²) >= 11 is 0. The summed E-state index contributed by atoms with van der Waals surface area (Å²) in [7, 11) is 0. The Kier molecular flexibility index (Phi) is 6.32. The Hall–Kier alpha value is -2.85. The second-order valence-electron chi connectivity index (χ2n) is 7.57. The number of nitrogens with zero attached hydrogens (tertiary/aromatic N) is 1. The van der Waals surface area contributed by atoms with Gasteiger partial charge >= 0.3 is 0 Å². The molecule has 0 radical (unpaired) electrons. The number of rotatable bonds is 7. The molecule has 1 N–H and O–H groups in total. The monoisotopic (exact) mass is 376 g/mol.